The van der Waals surface area contributed by atoms with E-state index in [1.54, 1.807) is 0 Å². The van der Waals surface area contributed by atoms with Gasteiger partial charge in [0, 0.05) is 3.57 Å². The van der Waals surface area contributed by atoms with Crippen LogP contribution in [0.1, 0.15) is 5.56 Å². The van der Waals surface area contributed by atoms with Crippen molar-refractivity contribution in [2.75, 3.05) is 0 Å². The zero-order valence-corrected chi connectivity index (χ0v) is 8.51. The normalized spacial score (nSPS) is 10.8. The number of rotatable bonds is 0. The number of nitrogens with one attached hydrogen (secondary N) is 1. The predicted molar refractivity (Wildman–Crippen MR) is 54.3 cm³/mol. The third kappa shape index (κ3) is 1.06. The number of aromatic amines is 1. The highest BCUT2D eigenvalue weighted by atomic mass is 127. The summed E-state index contributed by atoms with van der Waals surface area (Å²) in [7, 11) is 0. The van der Waals surface area contributed by atoms with Crippen LogP contribution < -0.4 is 5.56 Å². The quantitative estimate of drug-likeness (QED) is 0.748. The van der Waals surface area contributed by atoms with Crippen molar-refractivity contribution < 1.29 is 4.52 Å². The van der Waals surface area contributed by atoms with Crippen LogP contribution in [-0.4, -0.2) is 5.16 Å². The Labute approximate surface area is 81.9 Å². The van der Waals surface area contributed by atoms with E-state index in [0.717, 1.165) is 9.13 Å². The molecule has 4 heteroatoms. The highest BCUT2D eigenvalue weighted by molar-refractivity contribution is 14.1. The zero-order chi connectivity index (χ0) is 8.72. The van der Waals surface area contributed by atoms with Crippen LogP contribution >= 0.6 is 22.6 Å². The molecule has 1 aromatic carbocycles. The number of H-pyrrole nitrogens is 1. The van der Waals surface area contributed by atoms with E-state index in [9.17, 15) is 4.79 Å². The van der Waals surface area contributed by atoms with E-state index in [0.29, 0.717) is 11.0 Å². The summed E-state index contributed by atoms with van der Waals surface area (Å²) in [5.74, 6) is 0. The summed E-state index contributed by atoms with van der Waals surface area (Å²) >= 11 is 2.17. The maximum absolute atomic E-state index is 11.1. The van der Waals surface area contributed by atoms with Gasteiger partial charge in [0.15, 0.2) is 5.58 Å². The lowest BCUT2D eigenvalue weighted by atomic mass is 10.2. The average molecular weight is 275 g/mol. The third-order valence-electron chi connectivity index (χ3n) is 1.73. The molecule has 0 saturated carbocycles. The molecule has 0 aliphatic carbocycles. The standard InChI is InChI=1S/C8H6INO2/c1-4-2-5(9)3-6-7(4)12-10-8(6)11/h2-3H,1H3,(H,10,11). The molecule has 1 N–H and O–H groups in total. The first kappa shape index (κ1) is 7.85. The first-order valence-corrected chi connectivity index (χ1v) is 4.53. The van der Waals surface area contributed by atoms with Crippen LogP contribution in [0.3, 0.4) is 0 Å². The van der Waals surface area contributed by atoms with Crippen LogP contribution in [0.4, 0.5) is 0 Å². The molecule has 1 aromatic heterocycles. The van der Waals surface area contributed by atoms with Crippen molar-refractivity contribution in [3.8, 4) is 0 Å². The zero-order valence-electron chi connectivity index (χ0n) is 6.35. The maximum Gasteiger partial charge on any atom is 0.287 e. The van der Waals surface area contributed by atoms with Gasteiger partial charge in [-0.05, 0) is 47.2 Å². The molecule has 2 aromatic rings. The SMILES string of the molecule is Cc1cc(I)cc2c(=O)[nH]oc12. The number of hydrogen-bond acceptors (Lipinski definition) is 2. The van der Waals surface area contributed by atoms with Crippen molar-refractivity contribution in [3.63, 3.8) is 0 Å². The minimum atomic E-state index is -0.161. The van der Waals surface area contributed by atoms with Gasteiger partial charge in [0.05, 0.1) is 5.39 Å². The van der Waals surface area contributed by atoms with Gasteiger partial charge in [0.1, 0.15) is 0 Å². The number of aromatic nitrogens is 1. The minimum Gasteiger partial charge on any atom is -0.378 e. The van der Waals surface area contributed by atoms with E-state index in [2.05, 4.69) is 27.7 Å². The number of fused-ring (bicyclic) bond motifs is 1. The van der Waals surface area contributed by atoms with Crippen LogP contribution in [0.5, 0.6) is 0 Å². The second-order valence-corrected chi connectivity index (χ2v) is 3.88. The molecule has 62 valence electrons. The molecule has 0 atom stereocenters. The van der Waals surface area contributed by atoms with Crippen molar-refractivity contribution in [2.45, 2.75) is 6.92 Å². The van der Waals surface area contributed by atoms with Gasteiger partial charge in [-0.2, -0.15) is 5.16 Å². The van der Waals surface area contributed by atoms with E-state index in [1.165, 1.54) is 0 Å². The predicted octanol–water partition coefficient (Wildman–Crippen LogP) is 2.03. The van der Waals surface area contributed by atoms with Crippen molar-refractivity contribution >= 4 is 33.6 Å². The maximum atomic E-state index is 11.1. The second-order valence-electron chi connectivity index (χ2n) is 2.63. The summed E-state index contributed by atoms with van der Waals surface area (Å²) in [5.41, 5.74) is 1.47. The minimum absolute atomic E-state index is 0.161. The van der Waals surface area contributed by atoms with Gasteiger partial charge in [0.25, 0.3) is 5.56 Å². The molecule has 3 nitrogen and oxygen atoms in total. The Bertz CT molecular complexity index is 483. The molecule has 0 amide bonds. The van der Waals surface area contributed by atoms with Gasteiger partial charge in [-0.3, -0.25) is 4.79 Å². The Morgan fingerprint density at radius 1 is 1.50 bits per heavy atom. The fourth-order valence-corrected chi connectivity index (χ4v) is 1.96. The van der Waals surface area contributed by atoms with E-state index < -0.39 is 0 Å². The summed E-state index contributed by atoms with van der Waals surface area (Å²) < 4.78 is 6.04. The molecule has 1 heterocycles. The number of aryl methyl sites for hydroxylation is 1. The van der Waals surface area contributed by atoms with E-state index in [-0.39, 0.29) is 5.56 Å². The van der Waals surface area contributed by atoms with Crippen molar-refractivity contribution in [2.24, 2.45) is 0 Å². The Hall–Kier alpha value is -0.780. The molecular weight excluding hydrogens is 269 g/mol. The van der Waals surface area contributed by atoms with E-state index in [1.807, 2.05) is 19.1 Å². The molecule has 0 aliphatic heterocycles. The van der Waals surface area contributed by atoms with Crippen LogP contribution in [0.25, 0.3) is 11.0 Å². The first-order chi connectivity index (χ1) is 5.68. The van der Waals surface area contributed by atoms with Crippen molar-refractivity contribution in [3.05, 3.63) is 31.6 Å². The second kappa shape index (κ2) is 2.62. The highest BCUT2D eigenvalue weighted by Crippen LogP contribution is 2.18. The number of benzene rings is 1. The summed E-state index contributed by atoms with van der Waals surface area (Å²) in [5, 5.41) is 2.94. The number of halogens is 1. The lowest BCUT2D eigenvalue weighted by molar-refractivity contribution is 0.447. The largest absolute Gasteiger partial charge is 0.378 e. The topological polar surface area (TPSA) is 46.0 Å². The average Bonchev–Trinajstić information content (AvgIpc) is 2.33. The molecule has 0 radical (unpaired) electrons. The van der Waals surface area contributed by atoms with Gasteiger partial charge in [-0.25, -0.2) is 0 Å². The molecule has 0 saturated heterocycles. The summed E-state index contributed by atoms with van der Waals surface area (Å²) in [6.45, 7) is 1.92. The van der Waals surface area contributed by atoms with Gasteiger partial charge >= 0.3 is 0 Å². The first-order valence-electron chi connectivity index (χ1n) is 3.46. The Morgan fingerprint density at radius 3 is 3.00 bits per heavy atom. The number of hydrogen-bond donors (Lipinski definition) is 1. The summed E-state index contributed by atoms with van der Waals surface area (Å²) in [6, 6.07) is 3.78. The van der Waals surface area contributed by atoms with Gasteiger partial charge in [-0.15, -0.1) is 0 Å². The molecule has 0 unspecified atom stereocenters. The van der Waals surface area contributed by atoms with E-state index >= 15 is 0 Å². The van der Waals surface area contributed by atoms with Crippen LogP contribution in [0, 0.1) is 10.5 Å². The van der Waals surface area contributed by atoms with Crippen molar-refractivity contribution in [1.29, 1.82) is 0 Å². The third-order valence-corrected chi connectivity index (χ3v) is 2.35. The van der Waals surface area contributed by atoms with Gasteiger partial charge in [0.2, 0.25) is 0 Å². The molecule has 0 fully saturated rings. The summed E-state index contributed by atoms with van der Waals surface area (Å²) in [4.78, 5) is 11.1. The Balaban J connectivity index is 3.02. The molecule has 0 bridgehead atoms. The van der Waals surface area contributed by atoms with Crippen LogP contribution in [0.15, 0.2) is 21.5 Å². The smallest absolute Gasteiger partial charge is 0.287 e. The molecule has 0 aliphatic rings. The van der Waals surface area contributed by atoms with Crippen LogP contribution in [-0.2, 0) is 0 Å². The molecule has 12 heavy (non-hydrogen) atoms. The summed E-state index contributed by atoms with van der Waals surface area (Å²) in [6.07, 6.45) is 0. The fourth-order valence-electron chi connectivity index (χ4n) is 1.19. The fraction of sp³-hybridized carbons (Fsp3) is 0.125. The molecule has 2 rings (SSSR count). The van der Waals surface area contributed by atoms with Gasteiger partial charge < -0.3 is 4.52 Å². The van der Waals surface area contributed by atoms with Gasteiger partial charge in [-0.1, -0.05) is 0 Å². The molecule has 0 spiro atoms. The highest BCUT2D eigenvalue weighted by Gasteiger charge is 2.06. The van der Waals surface area contributed by atoms with E-state index in [4.69, 9.17) is 4.52 Å². The monoisotopic (exact) mass is 275 g/mol. The Morgan fingerprint density at radius 2 is 2.25 bits per heavy atom. The lowest BCUT2D eigenvalue weighted by Crippen LogP contribution is -1.96. The van der Waals surface area contributed by atoms with Crippen LogP contribution in [0.2, 0.25) is 0 Å². The molecular formula is C8H6INO2. The lowest BCUT2D eigenvalue weighted by Gasteiger charge is -1.93. The van der Waals surface area contributed by atoms with Crippen molar-refractivity contribution in [1.82, 2.24) is 5.16 Å². The Kier molecular flexibility index (Phi) is 1.71.